The van der Waals surface area contributed by atoms with Crippen molar-refractivity contribution >= 4 is 44.4 Å². The lowest BCUT2D eigenvalue weighted by Gasteiger charge is -2.25. The monoisotopic (exact) mass is 338 g/mol. The first-order chi connectivity index (χ1) is 9.47. The van der Waals surface area contributed by atoms with E-state index in [1.54, 1.807) is 0 Å². The second-order valence-corrected chi connectivity index (χ2v) is 7.99. The molecule has 2 heterocycles. The predicted octanol–water partition coefficient (Wildman–Crippen LogP) is 0.857. The van der Waals surface area contributed by atoms with Crippen molar-refractivity contribution in [3.63, 3.8) is 0 Å². The van der Waals surface area contributed by atoms with Crippen molar-refractivity contribution in [3.05, 3.63) is 0 Å². The molecule has 2 rings (SSSR count). The van der Waals surface area contributed by atoms with Crippen LogP contribution in [0.3, 0.4) is 0 Å². The van der Waals surface area contributed by atoms with Crippen LogP contribution in [0.2, 0.25) is 0 Å². The van der Waals surface area contributed by atoms with E-state index in [2.05, 4.69) is 14.9 Å². The molecule has 1 aromatic heterocycles. The fourth-order valence-corrected chi connectivity index (χ4v) is 4.65. The van der Waals surface area contributed by atoms with Crippen LogP contribution in [0.4, 0.5) is 5.13 Å². The minimum atomic E-state index is -3.59. The fourth-order valence-electron chi connectivity index (χ4n) is 1.71. The standard InChI is InChI=1S/C9H14N4O4S3/c14-7(15)6-18-9-11-10-8(19-9)12-20(16,17)13-4-2-1-3-5-13/h1-6H2,(H,10,12)(H,14,15). The second-order valence-electron chi connectivity index (χ2n) is 4.12. The van der Waals surface area contributed by atoms with Gasteiger partial charge in [0.05, 0.1) is 5.75 Å². The average molecular weight is 338 g/mol. The predicted molar refractivity (Wildman–Crippen MR) is 76.2 cm³/mol. The van der Waals surface area contributed by atoms with Crippen molar-refractivity contribution in [3.8, 4) is 0 Å². The Bertz CT molecular complexity index is 568. The number of carboxylic acids is 1. The third kappa shape index (κ3) is 4.30. The van der Waals surface area contributed by atoms with E-state index in [0.29, 0.717) is 17.4 Å². The Kier molecular flexibility index (Phi) is 5.18. The van der Waals surface area contributed by atoms with Crippen LogP contribution in [-0.4, -0.2) is 52.8 Å². The topological polar surface area (TPSA) is 112 Å². The van der Waals surface area contributed by atoms with Crippen LogP contribution in [0.1, 0.15) is 19.3 Å². The Hall–Kier alpha value is -0.910. The molecule has 20 heavy (non-hydrogen) atoms. The van der Waals surface area contributed by atoms with Gasteiger partial charge in [-0.1, -0.05) is 29.5 Å². The number of carboxylic acid groups (broad SMARTS) is 1. The molecule has 11 heteroatoms. The van der Waals surface area contributed by atoms with Gasteiger partial charge >= 0.3 is 16.2 Å². The fraction of sp³-hybridized carbons (Fsp3) is 0.667. The Labute approximate surface area is 124 Å². The molecule has 0 atom stereocenters. The van der Waals surface area contributed by atoms with E-state index in [-0.39, 0.29) is 10.9 Å². The maximum atomic E-state index is 12.1. The summed E-state index contributed by atoms with van der Waals surface area (Å²) < 4.78 is 28.4. The van der Waals surface area contributed by atoms with Crippen LogP contribution >= 0.6 is 23.1 Å². The van der Waals surface area contributed by atoms with Crippen molar-refractivity contribution in [1.29, 1.82) is 0 Å². The maximum absolute atomic E-state index is 12.1. The molecule has 0 aromatic carbocycles. The first-order valence-electron chi connectivity index (χ1n) is 5.93. The zero-order valence-electron chi connectivity index (χ0n) is 10.5. The lowest BCUT2D eigenvalue weighted by atomic mass is 10.2. The number of aliphatic carboxylic acids is 1. The second kappa shape index (κ2) is 6.70. The Balaban J connectivity index is 1.96. The van der Waals surface area contributed by atoms with Gasteiger partial charge in [-0.15, -0.1) is 10.2 Å². The smallest absolute Gasteiger partial charge is 0.313 e. The molecule has 0 aliphatic carbocycles. The van der Waals surface area contributed by atoms with Gasteiger partial charge in [-0.25, -0.2) is 4.72 Å². The van der Waals surface area contributed by atoms with Crippen LogP contribution in [0.15, 0.2) is 4.34 Å². The lowest BCUT2D eigenvalue weighted by Crippen LogP contribution is -2.39. The molecule has 0 saturated carbocycles. The van der Waals surface area contributed by atoms with Crippen molar-refractivity contribution < 1.29 is 18.3 Å². The molecule has 2 N–H and O–H groups in total. The number of hydrogen-bond acceptors (Lipinski definition) is 7. The van der Waals surface area contributed by atoms with E-state index in [1.807, 2.05) is 0 Å². The SMILES string of the molecule is O=C(O)CSc1nnc(NS(=O)(=O)N2CCCCC2)s1. The highest BCUT2D eigenvalue weighted by molar-refractivity contribution is 8.01. The molecule has 8 nitrogen and oxygen atoms in total. The molecule has 0 bridgehead atoms. The van der Waals surface area contributed by atoms with E-state index in [1.165, 1.54) is 4.31 Å². The number of nitrogens with zero attached hydrogens (tertiary/aromatic N) is 3. The molecule has 1 aromatic rings. The summed E-state index contributed by atoms with van der Waals surface area (Å²) in [6.07, 6.45) is 2.76. The summed E-state index contributed by atoms with van der Waals surface area (Å²) in [5.74, 6) is -1.09. The minimum Gasteiger partial charge on any atom is -0.481 e. The minimum absolute atomic E-state index is 0.131. The number of hydrogen-bond donors (Lipinski definition) is 2. The molecule has 1 aliphatic heterocycles. The third-order valence-electron chi connectivity index (χ3n) is 2.60. The molecule has 0 radical (unpaired) electrons. The quantitative estimate of drug-likeness (QED) is 0.740. The van der Waals surface area contributed by atoms with Crippen LogP contribution < -0.4 is 4.72 Å². The normalized spacial score (nSPS) is 17.0. The average Bonchev–Trinajstić information content (AvgIpc) is 2.84. The number of nitrogens with one attached hydrogen (secondary N) is 1. The van der Waals surface area contributed by atoms with Crippen molar-refractivity contribution in [1.82, 2.24) is 14.5 Å². The first-order valence-corrected chi connectivity index (χ1v) is 9.17. The van der Waals surface area contributed by atoms with Gasteiger partial charge in [0.2, 0.25) is 5.13 Å². The Morgan fingerprint density at radius 2 is 2.05 bits per heavy atom. The van der Waals surface area contributed by atoms with Gasteiger partial charge < -0.3 is 5.11 Å². The summed E-state index contributed by atoms with van der Waals surface area (Å²) in [5.41, 5.74) is 0. The van der Waals surface area contributed by atoms with Crippen molar-refractivity contribution in [2.24, 2.45) is 0 Å². The number of thioether (sulfide) groups is 1. The van der Waals surface area contributed by atoms with Gasteiger partial charge in [-0.3, -0.25) is 4.79 Å². The summed E-state index contributed by atoms with van der Waals surface area (Å²) in [6.45, 7) is 1.02. The summed E-state index contributed by atoms with van der Waals surface area (Å²) in [4.78, 5) is 10.4. The Morgan fingerprint density at radius 3 is 2.70 bits per heavy atom. The van der Waals surface area contributed by atoms with Crippen LogP contribution in [0, 0.1) is 0 Å². The summed E-state index contributed by atoms with van der Waals surface area (Å²) >= 11 is 2.03. The highest BCUT2D eigenvalue weighted by atomic mass is 32.2. The van der Waals surface area contributed by atoms with E-state index >= 15 is 0 Å². The number of piperidine rings is 1. The molecule has 1 aliphatic rings. The van der Waals surface area contributed by atoms with E-state index in [4.69, 9.17) is 5.11 Å². The van der Waals surface area contributed by atoms with Crippen LogP contribution in [-0.2, 0) is 15.0 Å². The Morgan fingerprint density at radius 1 is 1.35 bits per heavy atom. The van der Waals surface area contributed by atoms with E-state index in [9.17, 15) is 13.2 Å². The number of carbonyl (C=O) groups is 1. The lowest BCUT2D eigenvalue weighted by molar-refractivity contribution is -0.133. The molecule has 112 valence electrons. The summed E-state index contributed by atoms with van der Waals surface area (Å²) in [6, 6.07) is 0. The zero-order valence-corrected chi connectivity index (χ0v) is 12.9. The van der Waals surface area contributed by atoms with E-state index in [0.717, 1.165) is 42.4 Å². The molecular formula is C9H14N4O4S3. The zero-order chi connectivity index (χ0) is 14.6. The van der Waals surface area contributed by atoms with Gasteiger partial charge in [-0.2, -0.15) is 12.7 Å². The molecule has 0 unspecified atom stereocenters. The molecule has 0 spiro atoms. The van der Waals surface area contributed by atoms with Gasteiger partial charge in [0.1, 0.15) is 0 Å². The number of aromatic nitrogens is 2. The van der Waals surface area contributed by atoms with Crippen LogP contribution in [0.25, 0.3) is 0 Å². The molecule has 1 saturated heterocycles. The molecule has 1 fully saturated rings. The maximum Gasteiger partial charge on any atom is 0.313 e. The largest absolute Gasteiger partial charge is 0.481 e. The summed E-state index contributed by atoms with van der Waals surface area (Å²) in [7, 11) is -3.59. The van der Waals surface area contributed by atoms with E-state index < -0.39 is 16.2 Å². The number of rotatable bonds is 6. The third-order valence-corrected chi connectivity index (χ3v) is 6.18. The highest BCUT2D eigenvalue weighted by Crippen LogP contribution is 2.26. The number of anilines is 1. The van der Waals surface area contributed by atoms with Crippen LogP contribution in [0.5, 0.6) is 0 Å². The van der Waals surface area contributed by atoms with Gasteiger partial charge in [0, 0.05) is 13.1 Å². The van der Waals surface area contributed by atoms with Gasteiger partial charge in [-0.05, 0) is 12.8 Å². The summed E-state index contributed by atoms with van der Waals surface area (Å²) in [5, 5.41) is 16.2. The van der Waals surface area contributed by atoms with Crippen molar-refractivity contribution in [2.75, 3.05) is 23.6 Å². The van der Waals surface area contributed by atoms with Crippen molar-refractivity contribution in [2.45, 2.75) is 23.6 Å². The molecule has 0 amide bonds. The first kappa shape index (κ1) is 15.5. The van der Waals surface area contributed by atoms with Gasteiger partial charge in [0.25, 0.3) is 0 Å². The molecular weight excluding hydrogens is 324 g/mol. The van der Waals surface area contributed by atoms with Gasteiger partial charge in [0.15, 0.2) is 4.34 Å². The highest BCUT2D eigenvalue weighted by Gasteiger charge is 2.25.